The summed E-state index contributed by atoms with van der Waals surface area (Å²) in [4.78, 5) is 13.6. The lowest BCUT2D eigenvalue weighted by atomic mass is 9.99. The van der Waals surface area contributed by atoms with Gasteiger partial charge in [0, 0.05) is 68.6 Å². The predicted octanol–water partition coefficient (Wildman–Crippen LogP) is 4.77. The van der Waals surface area contributed by atoms with E-state index in [1.54, 1.807) is 16.8 Å². The molecule has 36 heavy (non-hydrogen) atoms. The fourth-order valence-electron chi connectivity index (χ4n) is 4.53. The number of nitrogens with one attached hydrogen (secondary N) is 3. The first kappa shape index (κ1) is 23.2. The maximum Gasteiger partial charge on any atom is 0.197 e. The Labute approximate surface area is 210 Å². The lowest BCUT2D eigenvalue weighted by Crippen LogP contribution is -2.37. The number of aromatic amines is 1. The highest BCUT2D eigenvalue weighted by molar-refractivity contribution is 6.15. The van der Waals surface area contributed by atoms with E-state index in [9.17, 15) is 0 Å². The van der Waals surface area contributed by atoms with Gasteiger partial charge in [-0.2, -0.15) is 0 Å². The second-order valence-electron chi connectivity index (χ2n) is 9.28. The van der Waals surface area contributed by atoms with Gasteiger partial charge in [0.1, 0.15) is 0 Å². The molecule has 0 unspecified atom stereocenters. The Hall–Kier alpha value is -4.59. The molecule has 1 aliphatic rings. The number of guanidine groups is 2. The fraction of sp³-hybridized carbons (Fsp3) is 0.179. The molecule has 0 bridgehead atoms. The molecule has 0 radical (unpaired) electrons. The molecule has 0 amide bonds. The minimum absolute atomic E-state index is 0.00852. The van der Waals surface area contributed by atoms with E-state index < -0.39 is 0 Å². The van der Waals surface area contributed by atoms with Crippen molar-refractivity contribution in [1.82, 2.24) is 9.88 Å². The van der Waals surface area contributed by atoms with E-state index >= 15 is 0 Å². The Kier molecular flexibility index (Phi) is 5.72. The lowest BCUT2D eigenvalue weighted by Gasteiger charge is -2.25. The molecule has 5 rings (SSSR count). The average Bonchev–Trinajstić information content (AvgIpc) is 3.50. The molecular formula is C28H30N8. The monoisotopic (exact) mass is 478 g/mol. The summed E-state index contributed by atoms with van der Waals surface area (Å²) in [6, 6.07) is 20.6. The van der Waals surface area contributed by atoms with Crippen molar-refractivity contribution < 1.29 is 0 Å². The van der Waals surface area contributed by atoms with Gasteiger partial charge in [0.25, 0.3) is 0 Å². The zero-order chi connectivity index (χ0) is 25.6. The largest absolute Gasteiger partial charge is 0.370 e. The minimum Gasteiger partial charge on any atom is -0.370 e. The van der Waals surface area contributed by atoms with E-state index in [2.05, 4.69) is 41.4 Å². The number of H-pyrrole nitrogens is 1. The van der Waals surface area contributed by atoms with Crippen LogP contribution in [-0.2, 0) is 6.42 Å². The minimum atomic E-state index is 0.00852. The third kappa shape index (κ3) is 4.07. The molecule has 8 nitrogen and oxygen atoms in total. The zero-order valence-electron chi connectivity index (χ0n) is 20.9. The first-order valence-corrected chi connectivity index (χ1v) is 11.7. The van der Waals surface area contributed by atoms with Gasteiger partial charge >= 0.3 is 0 Å². The Morgan fingerprint density at radius 3 is 2.25 bits per heavy atom. The van der Waals surface area contributed by atoms with Crippen molar-refractivity contribution in [2.45, 2.75) is 6.42 Å². The van der Waals surface area contributed by atoms with Crippen molar-refractivity contribution in [3.05, 3.63) is 78.0 Å². The molecule has 1 aliphatic heterocycles. The number of aromatic nitrogens is 1. The number of hydrogen-bond acceptors (Lipinski definition) is 3. The Balaban J connectivity index is 1.43. The van der Waals surface area contributed by atoms with Crippen molar-refractivity contribution in [3.8, 4) is 11.1 Å². The maximum atomic E-state index is 8.27. The van der Waals surface area contributed by atoms with Crippen molar-refractivity contribution in [3.63, 3.8) is 0 Å². The number of hydrogen-bond donors (Lipinski definition) is 4. The molecule has 0 fully saturated rings. The molecule has 4 aromatic rings. The van der Waals surface area contributed by atoms with Crippen LogP contribution in [0.2, 0.25) is 0 Å². The fourth-order valence-corrected chi connectivity index (χ4v) is 4.53. The summed E-state index contributed by atoms with van der Waals surface area (Å²) in [6.07, 6.45) is 2.79. The van der Waals surface area contributed by atoms with Crippen LogP contribution in [0.15, 0.2) is 71.9 Å². The SMILES string of the molecule is CN(C)C(=N)N(C)c1ccc2c(c1)CC(c1c[nH]c3ccc(-c4ccc(N(C)C(=N)N)cc4)cc13)=N2. The molecule has 0 saturated heterocycles. The number of anilines is 2. The topological polar surface area (TPSA) is 112 Å². The Bertz CT molecular complexity index is 1510. The van der Waals surface area contributed by atoms with Crippen LogP contribution in [0, 0.1) is 10.8 Å². The molecule has 182 valence electrons. The molecule has 0 saturated carbocycles. The molecule has 0 aliphatic carbocycles. The zero-order valence-corrected chi connectivity index (χ0v) is 20.9. The highest BCUT2D eigenvalue weighted by atomic mass is 15.3. The van der Waals surface area contributed by atoms with E-state index in [0.717, 1.165) is 62.4 Å². The van der Waals surface area contributed by atoms with E-state index in [0.29, 0.717) is 5.96 Å². The number of nitrogens with two attached hydrogens (primary N) is 1. The van der Waals surface area contributed by atoms with Crippen LogP contribution in [-0.4, -0.2) is 55.7 Å². The smallest absolute Gasteiger partial charge is 0.197 e. The highest BCUT2D eigenvalue weighted by Crippen LogP contribution is 2.35. The second-order valence-corrected chi connectivity index (χ2v) is 9.28. The molecule has 0 atom stereocenters. The second kappa shape index (κ2) is 8.88. The first-order chi connectivity index (χ1) is 17.2. The summed E-state index contributed by atoms with van der Waals surface area (Å²) < 4.78 is 0. The summed E-state index contributed by atoms with van der Waals surface area (Å²) in [5.74, 6) is 0.438. The molecule has 1 aromatic heterocycles. The molecule has 2 heterocycles. The third-order valence-electron chi connectivity index (χ3n) is 6.75. The van der Waals surface area contributed by atoms with E-state index in [1.165, 1.54) is 0 Å². The van der Waals surface area contributed by atoms with Gasteiger partial charge in [-0.1, -0.05) is 18.2 Å². The number of aliphatic imine (C=N–C) groups is 1. The standard InChI is InChI=1S/C28H30N8/c1-34(2)28(31)36(4)21-10-12-24-19(13-21)15-26(33-24)23-16-32-25-11-7-18(14-22(23)25)17-5-8-20(9-6-17)35(3)27(29)30/h5-14,16,31-32H,15H2,1-4H3,(H3,29,30). The maximum absolute atomic E-state index is 8.27. The van der Waals surface area contributed by atoms with Crippen molar-refractivity contribution >= 4 is 45.6 Å². The predicted molar refractivity (Wildman–Crippen MR) is 150 cm³/mol. The lowest BCUT2D eigenvalue weighted by molar-refractivity contribution is 0.603. The van der Waals surface area contributed by atoms with Gasteiger partial charge in [0.15, 0.2) is 11.9 Å². The molecule has 5 N–H and O–H groups in total. The van der Waals surface area contributed by atoms with Gasteiger partial charge < -0.3 is 25.4 Å². The van der Waals surface area contributed by atoms with Crippen LogP contribution in [0.5, 0.6) is 0 Å². The van der Waals surface area contributed by atoms with Crippen molar-refractivity contribution in [2.75, 3.05) is 38.0 Å². The molecule has 8 heteroatoms. The normalized spacial score (nSPS) is 12.3. The number of rotatable bonds is 4. The van der Waals surface area contributed by atoms with Gasteiger partial charge in [0.2, 0.25) is 0 Å². The molecular weight excluding hydrogens is 448 g/mol. The van der Waals surface area contributed by atoms with Crippen LogP contribution in [0.1, 0.15) is 11.1 Å². The Morgan fingerprint density at radius 1 is 0.861 bits per heavy atom. The summed E-state index contributed by atoms with van der Waals surface area (Å²) in [7, 11) is 7.44. The van der Waals surface area contributed by atoms with E-state index in [1.807, 2.05) is 56.5 Å². The number of benzene rings is 3. The van der Waals surface area contributed by atoms with Crippen LogP contribution >= 0.6 is 0 Å². The van der Waals surface area contributed by atoms with Gasteiger partial charge in [-0.05, 0) is 59.2 Å². The average molecular weight is 479 g/mol. The Morgan fingerprint density at radius 2 is 1.56 bits per heavy atom. The van der Waals surface area contributed by atoms with E-state index in [-0.39, 0.29) is 5.96 Å². The van der Waals surface area contributed by atoms with Gasteiger partial charge in [-0.15, -0.1) is 0 Å². The summed E-state index contributed by atoms with van der Waals surface area (Å²) in [5, 5.41) is 17.0. The molecule has 3 aromatic carbocycles. The van der Waals surface area contributed by atoms with E-state index in [4.69, 9.17) is 21.5 Å². The van der Waals surface area contributed by atoms with Gasteiger partial charge in [0.05, 0.1) is 11.4 Å². The number of nitrogens with zero attached hydrogens (tertiary/aromatic N) is 4. The summed E-state index contributed by atoms with van der Waals surface area (Å²) in [6.45, 7) is 0. The number of fused-ring (bicyclic) bond motifs is 2. The van der Waals surface area contributed by atoms with Crippen LogP contribution in [0.3, 0.4) is 0 Å². The summed E-state index contributed by atoms with van der Waals surface area (Å²) >= 11 is 0. The highest BCUT2D eigenvalue weighted by Gasteiger charge is 2.21. The van der Waals surface area contributed by atoms with Crippen molar-refractivity contribution in [2.24, 2.45) is 10.7 Å². The quantitative estimate of drug-likeness (QED) is 0.250. The van der Waals surface area contributed by atoms with Gasteiger partial charge in [-0.3, -0.25) is 15.8 Å². The first-order valence-electron chi connectivity index (χ1n) is 11.7. The van der Waals surface area contributed by atoms with Crippen molar-refractivity contribution in [1.29, 1.82) is 10.8 Å². The van der Waals surface area contributed by atoms with Gasteiger partial charge in [-0.25, -0.2) is 0 Å². The third-order valence-corrected chi connectivity index (χ3v) is 6.75. The van der Waals surface area contributed by atoms with Crippen LogP contribution < -0.4 is 15.5 Å². The molecule has 0 spiro atoms. The summed E-state index contributed by atoms with van der Waals surface area (Å²) in [5.41, 5.74) is 15.0. The van der Waals surface area contributed by atoms with Crippen LogP contribution in [0.4, 0.5) is 17.1 Å². The van der Waals surface area contributed by atoms with Crippen LogP contribution in [0.25, 0.3) is 22.0 Å².